The van der Waals surface area contributed by atoms with Crippen LogP contribution in [0.25, 0.3) is 5.57 Å². The Kier molecular flexibility index (Phi) is 6.70. The summed E-state index contributed by atoms with van der Waals surface area (Å²) in [5, 5.41) is 22.7. The second kappa shape index (κ2) is 9.83. The first-order valence-corrected chi connectivity index (χ1v) is 11.0. The van der Waals surface area contributed by atoms with Crippen LogP contribution in [-0.4, -0.2) is 36.9 Å². The van der Waals surface area contributed by atoms with Gasteiger partial charge in [0.15, 0.2) is 0 Å². The minimum Gasteiger partial charge on any atom is -0.477 e. The van der Waals surface area contributed by atoms with Gasteiger partial charge in [0.25, 0.3) is 5.91 Å². The predicted molar refractivity (Wildman–Crippen MR) is 132 cm³/mol. The van der Waals surface area contributed by atoms with E-state index in [0.29, 0.717) is 46.0 Å². The zero-order valence-electron chi connectivity index (χ0n) is 18.1. The Bertz CT molecular complexity index is 1180. The van der Waals surface area contributed by atoms with E-state index in [0.717, 1.165) is 12.8 Å². The fourth-order valence-electron chi connectivity index (χ4n) is 3.30. The quantitative estimate of drug-likeness (QED) is 0.477. The van der Waals surface area contributed by atoms with Gasteiger partial charge >= 0.3 is 0 Å². The number of allylic oxidation sites excluding steroid dienone is 5. The molecular formula is C25H24ClN5O2. The molecule has 7 nitrogen and oxygen atoms in total. The van der Waals surface area contributed by atoms with E-state index in [2.05, 4.69) is 15.6 Å². The van der Waals surface area contributed by atoms with Gasteiger partial charge in [-0.05, 0) is 60.8 Å². The lowest BCUT2D eigenvalue weighted by atomic mass is 9.98. The number of carbonyl (C=O) groups is 1. The van der Waals surface area contributed by atoms with Gasteiger partial charge in [-0.2, -0.15) is 0 Å². The van der Waals surface area contributed by atoms with Gasteiger partial charge in [-0.15, -0.1) is 0 Å². The summed E-state index contributed by atoms with van der Waals surface area (Å²) in [5.74, 6) is 0.514. The molecule has 1 aromatic rings. The summed E-state index contributed by atoms with van der Waals surface area (Å²) in [6.45, 7) is 0.580. The number of carbonyl (C=O) groups excluding carboxylic acids is 1. The van der Waals surface area contributed by atoms with Crippen molar-refractivity contribution in [3.8, 4) is 0 Å². The van der Waals surface area contributed by atoms with Crippen LogP contribution in [-0.2, 0) is 9.53 Å². The fourth-order valence-corrected chi connectivity index (χ4v) is 3.43. The number of benzene rings is 1. The lowest BCUT2D eigenvalue weighted by Gasteiger charge is -2.18. The Labute approximate surface area is 197 Å². The van der Waals surface area contributed by atoms with E-state index >= 15 is 0 Å². The Morgan fingerprint density at radius 1 is 1.15 bits per heavy atom. The Balaban J connectivity index is 1.70. The molecule has 3 aliphatic rings. The molecule has 0 unspecified atom stereocenters. The van der Waals surface area contributed by atoms with Crippen molar-refractivity contribution < 1.29 is 9.53 Å². The normalized spacial score (nSPS) is 20.4. The van der Waals surface area contributed by atoms with E-state index in [1.54, 1.807) is 67.9 Å². The Hall–Kier alpha value is -3.71. The minimum absolute atomic E-state index is 0.111. The minimum atomic E-state index is -0.425. The SMILES string of the molecule is CN/C=C1/C=C(NC(=O)/C(=C2/N=C(OCC3CC3)C=CC2=N)c2ccc(Cl)cc2)C=CC1=N. The molecule has 8 heteroatoms. The molecule has 0 bridgehead atoms. The molecule has 2 aliphatic carbocycles. The van der Waals surface area contributed by atoms with Crippen LogP contribution in [0.3, 0.4) is 0 Å². The maximum Gasteiger partial charge on any atom is 0.258 e. The second-order valence-corrected chi connectivity index (χ2v) is 8.31. The molecule has 1 aromatic carbocycles. The molecule has 1 heterocycles. The van der Waals surface area contributed by atoms with Gasteiger partial charge in [-0.25, -0.2) is 4.99 Å². The van der Waals surface area contributed by atoms with E-state index in [-0.39, 0.29) is 17.0 Å². The molecule has 1 fully saturated rings. The summed E-state index contributed by atoms with van der Waals surface area (Å²) in [7, 11) is 1.75. The number of nitrogens with one attached hydrogen (secondary N) is 4. The van der Waals surface area contributed by atoms with Gasteiger partial charge in [0.2, 0.25) is 5.90 Å². The van der Waals surface area contributed by atoms with Crippen LogP contribution in [0.5, 0.6) is 0 Å². The summed E-state index contributed by atoms with van der Waals surface area (Å²) >= 11 is 6.06. The molecule has 1 aliphatic heterocycles. The van der Waals surface area contributed by atoms with Crippen LogP contribution in [0.15, 0.2) is 82.8 Å². The summed E-state index contributed by atoms with van der Waals surface area (Å²) in [4.78, 5) is 18.0. The van der Waals surface area contributed by atoms with Crippen molar-refractivity contribution in [3.63, 3.8) is 0 Å². The molecule has 0 saturated heterocycles. The van der Waals surface area contributed by atoms with Crippen molar-refractivity contribution >= 4 is 40.4 Å². The van der Waals surface area contributed by atoms with Crippen molar-refractivity contribution in [2.75, 3.05) is 13.7 Å². The summed E-state index contributed by atoms with van der Waals surface area (Å²) in [5.41, 5.74) is 2.65. The van der Waals surface area contributed by atoms with Gasteiger partial charge in [-0.3, -0.25) is 10.2 Å². The van der Waals surface area contributed by atoms with Crippen molar-refractivity contribution in [2.45, 2.75) is 12.8 Å². The maximum absolute atomic E-state index is 13.5. The summed E-state index contributed by atoms with van der Waals surface area (Å²) in [6, 6.07) is 6.83. The smallest absolute Gasteiger partial charge is 0.258 e. The van der Waals surface area contributed by atoms with E-state index in [1.807, 2.05) is 0 Å². The zero-order chi connectivity index (χ0) is 23.4. The monoisotopic (exact) mass is 461 g/mol. The number of ether oxygens (including phenoxy) is 1. The Morgan fingerprint density at radius 3 is 2.58 bits per heavy atom. The summed E-state index contributed by atoms with van der Waals surface area (Å²) < 4.78 is 5.79. The van der Waals surface area contributed by atoms with Crippen molar-refractivity contribution in [1.29, 1.82) is 10.8 Å². The molecule has 33 heavy (non-hydrogen) atoms. The van der Waals surface area contributed by atoms with Gasteiger partial charge in [0.1, 0.15) is 5.70 Å². The van der Waals surface area contributed by atoms with E-state index in [1.165, 1.54) is 0 Å². The third-order valence-electron chi connectivity index (χ3n) is 5.24. The molecule has 4 rings (SSSR count). The predicted octanol–water partition coefficient (Wildman–Crippen LogP) is 4.16. The van der Waals surface area contributed by atoms with Gasteiger partial charge in [0.05, 0.1) is 23.6 Å². The number of nitrogens with zero attached hydrogens (tertiary/aromatic N) is 1. The number of amides is 1. The lowest BCUT2D eigenvalue weighted by Crippen LogP contribution is -2.27. The zero-order valence-corrected chi connectivity index (χ0v) is 18.9. The van der Waals surface area contributed by atoms with Crippen LogP contribution in [0, 0.1) is 16.7 Å². The highest BCUT2D eigenvalue weighted by Crippen LogP contribution is 2.30. The van der Waals surface area contributed by atoms with Crippen molar-refractivity contribution in [3.05, 3.63) is 88.4 Å². The van der Waals surface area contributed by atoms with Crippen LogP contribution >= 0.6 is 11.6 Å². The first-order chi connectivity index (χ1) is 15.9. The molecular weight excluding hydrogens is 438 g/mol. The highest BCUT2D eigenvalue weighted by molar-refractivity contribution is 6.32. The first-order valence-electron chi connectivity index (χ1n) is 10.6. The number of rotatable bonds is 6. The van der Waals surface area contributed by atoms with Crippen LogP contribution in [0.1, 0.15) is 18.4 Å². The molecule has 0 spiro atoms. The number of halogens is 1. The third-order valence-corrected chi connectivity index (χ3v) is 5.49. The number of hydrogen-bond acceptors (Lipinski definition) is 6. The van der Waals surface area contributed by atoms with E-state index in [9.17, 15) is 4.79 Å². The van der Waals surface area contributed by atoms with Gasteiger partial charge < -0.3 is 20.8 Å². The topological polar surface area (TPSA) is 110 Å². The molecule has 0 atom stereocenters. The molecule has 168 valence electrons. The first kappa shape index (κ1) is 22.5. The molecule has 0 aromatic heterocycles. The second-order valence-electron chi connectivity index (χ2n) is 7.87. The van der Waals surface area contributed by atoms with E-state index < -0.39 is 5.91 Å². The molecule has 1 saturated carbocycles. The average Bonchev–Trinajstić information content (AvgIpc) is 3.63. The van der Waals surface area contributed by atoms with E-state index in [4.69, 9.17) is 27.2 Å². The Morgan fingerprint density at radius 2 is 1.88 bits per heavy atom. The van der Waals surface area contributed by atoms with Crippen LogP contribution < -0.4 is 10.6 Å². The number of hydrogen-bond donors (Lipinski definition) is 4. The fraction of sp³-hybridized carbons (Fsp3) is 0.200. The average molecular weight is 462 g/mol. The number of dihydropyridines is 1. The third kappa shape index (κ3) is 5.56. The molecule has 4 N–H and O–H groups in total. The highest BCUT2D eigenvalue weighted by atomic mass is 35.5. The van der Waals surface area contributed by atoms with Crippen LogP contribution in [0.4, 0.5) is 0 Å². The van der Waals surface area contributed by atoms with Crippen molar-refractivity contribution in [1.82, 2.24) is 10.6 Å². The van der Waals surface area contributed by atoms with Crippen molar-refractivity contribution in [2.24, 2.45) is 10.9 Å². The maximum atomic E-state index is 13.5. The molecule has 1 amide bonds. The van der Waals surface area contributed by atoms with Gasteiger partial charge in [0, 0.05) is 35.6 Å². The van der Waals surface area contributed by atoms with Crippen LogP contribution in [0.2, 0.25) is 5.02 Å². The van der Waals surface area contributed by atoms with Gasteiger partial charge in [-0.1, -0.05) is 23.7 Å². The highest BCUT2D eigenvalue weighted by Gasteiger charge is 2.25. The largest absolute Gasteiger partial charge is 0.477 e. The molecule has 0 radical (unpaired) electrons. The standard InChI is InChI=1S/C25H24ClN5O2/c1-29-13-17-12-19(8-9-20(17)27)30-25(32)23(16-4-6-18(26)7-5-16)24-21(28)10-11-22(31-24)33-14-15-2-3-15/h4-13,15,27-29H,2-3,14H2,1H3,(H,30,32)/b17-13-,24-23+,27-20?,28-21?. The lowest BCUT2D eigenvalue weighted by molar-refractivity contribution is -0.114. The number of aliphatic imine (C=N–C) groups is 1. The summed E-state index contributed by atoms with van der Waals surface area (Å²) in [6.07, 6.45) is 12.2.